The minimum Gasteiger partial charge on any atom is -0.390 e. The fraction of sp³-hybridized carbons (Fsp3) is 0.818. The zero-order chi connectivity index (χ0) is 10.3. The Morgan fingerprint density at radius 1 is 1.54 bits per heavy atom. The van der Waals surface area contributed by atoms with Gasteiger partial charge in [-0.2, -0.15) is 0 Å². The average Bonchev–Trinajstić information content (AvgIpc) is 2.14. The molecule has 0 heterocycles. The highest BCUT2D eigenvalue weighted by Crippen LogP contribution is 2.23. The van der Waals surface area contributed by atoms with Crippen LogP contribution in [0.2, 0.25) is 0 Å². The molecule has 0 rings (SSSR count). The van der Waals surface area contributed by atoms with Crippen molar-refractivity contribution in [1.29, 1.82) is 0 Å². The van der Waals surface area contributed by atoms with Crippen LogP contribution < -0.4 is 0 Å². The molecule has 0 bridgehead atoms. The van der Waals surface area contributed by atoms with Gasteiger partial charge in [0.05, 0.1) is 11.7 Å². The van der Waals surface area contributed by atoms with Gasteiger partial charge in [-0.3, -0.25) is 0 Å². The molecule has 0 aliphatic heterocycles. The van der Waals surface area contributed by atoms with Gasteiger partial charge in [-0.1, -0.05) is 13.0 Å². The first-order chi connectivity index (χ1) is 6.10. The van der Waals surface area contributed by atoms with Crippen molar-refractivity contribution in [3.8, 4) is 0 Å². The molecule has 2 nitrogen and oxygen atoms in total. The molecule has 2 heteroatoms. The average molecular weight is 186 g/mol. The van der Waals surface area contributed by atoms with Crippen molar-refractivity contribution in [2.45, 2.75) is 51.7 Å². The van der Waals surface area contributed by atoms with Crippen LogP contribution in [-0.4, -0.2) is 23.4 Å². The molecule has 1 N–H and O–H groups in total. The maximum absolute atomic E-state index is 9.86. The number of aliphatic hydroxyl groups excluding tert-OH is 1. The largest absolute Gasteiger partial charge is 0.390 e. The number of hydrogen-bond acceptors (Lipinski definition) is 2. The Morgan fingerprint density at radius 3 is 2.54 bits per heavy atom. The predicted octanol–water partition coefficient (Wildman–Crippen LogP) is 2.52. The topological polar surface area (TPSA) is 29.5 Å². The van der Waals surface area contributed by atoms with Gasteiger partial charge in [0.2, 0.25) is 0 Å². The molecule has 0 fully saturated rings. The Kier molecular flexibility index (Phi) is 6.00. The van der Waals surface area contributed by atoms with Gasteiger partial charge in [-0.05, 0) is 33.1 Å². The van der Waals surface area contributed by atoms with Gasteiger partial charge in [0.15, 0.2) is 0 Å². The van der Waals surface area contributed by atoms with E-state index < -0.39 is 11.7 Å². The number of ether oxygens (including phenoxy) is 1. The zero-order valence-corrected chi connectivity index (χ0v) is 9.05. The van der Waals surface area contributed by atoms with Crippen LogP contribution in [0.5, 0.6) is 0 Å². The van der Waals surface area contributed by atoms with E-state index in [1.54, 1.807) is 0 Å². The number of rotatable bonds is 7. The van der Waals surface area contributed by atoms with Crippen LogP contribution >= 0.6 is 0 Å². The van der Waals surface area contributed by atoms with Crippen LogP contribution in [0.1, 0.15) is 40.0 Å². The predicted molar refractivity (Wildman–Crippen MR) is 55.8 cm³/mol. The first kappa shape index (κ1) is 12.7. The molecule has 0 saturated carbocycles. The van der Waals surface area contributed by atoms with Gasteiger partial charge in [0, 0.05) is 6.61 Å². The first-order valence-electron chi connectivity index (χ1n) is 5.03. The van der Waals surface area contributed by atoms with Gasteiger partial charge < -0.3 is 9.84 Å². The molecule has 13 heavy (non-hydrogen) atoms. The van der Waals surface area contributed by atoms with Crippen LogP contribution in [0, 0.1) is 0 Å². The fourth-order valence-electron chi connectivity index (χ4n) is 1.34. The van der Waals surface area contributed by atoms with Crippen molar-refractivity contribution in [3.05, 3.63) is 12.7 Å². The van der Waals surface area contributed by atoms with Crippen LogP contribution in [0.4, 0.5) is 0 Å². The van der Waals surface area contributed by atoms with Crippen molar-refractivity contribution in [2.75, 3.05) is 6.61 Å². The summed E-state index contributed by atoms with van der Waals surface area (Å²) in [5.41, 5.74) is -0.391. The van der Waals surface area contributed by atoms with Crippen LogP contribution in [-0.2, 0) is 4.74 Å². The molecule has 0 amide bonds. The molecule has 0 aliphatic rings. The summed E-state index contributed by atoms with van der Waals surface area (Å²) in [4.78, 5) is 0. The molecule has 2 unspecified atom stereocenters. The van der Waals surface area contributed by atoms with E-state index in [0.29, 0.717) is 6.61 Å². The SMILES string of the molecule is C=CCCC(O)C(C)(CC)OCC. The highest BCUT2D eigenvalue weighted by Gasteiger charge is 2.30. The fourth-order valence-corrected chi connectivity index (χ4v) is 1.34. The second-order valence-electron chi connectivity index (χ2n) is 3.48. The van der Waals surface area contributed by atoms with Gasteiger partial charge >= 0.3 is 0 Å². The normalized spacial score (nSPS) is 17.8. The van der Waals surface area contributed by atoms with E-state index in [-0.39, 0.29) is 0 Å². The molecule has 78 valence electrons. The molecular weight excluding hydrogens is 164 g/mol. The molecule has 0 aromatic heterocycles. The van der Waals surface area contributed by atoms with E-state index in [9.17, 15) is 5.11 Å². The Morgan fingerprint density at radius 2 is 2.15 bits per heavy atom. The lowest BCUT2D eigenvalue weighted by molar-refractivity contribution is -0.112. The molecule has 0 aromatic carbocycles. The lowest BCUT2D eigenvalue weighted by atomic mass is 9.92. The summed E-state index contributed by atoms with van der Waals surface area (Å²) in [5.74, 6) is 0. The Bertz CT molecular complexity index is 145. The molecular formula is C11H22O2. The molecule has 0 spiro atoms. The lowest BCUT2D eigenvalue weighted by Crippen LogP contribution is -2.41. The Balaban J connectivity index is 4.10. The standard InChI is InChI=1S/C11H22O2/c1-5-8-9-10(12)11(4,6-2)13-7-3/h5,10,12H,1,6-9H2,2-4H3. The molecule has 0 radical (unpaired) electrons. The van der Waals surface area contributed by atoms with Crippen molar-refractivity contribution < 1.29 is 9.84 Å². The molecule has 0 saturated heterocycles. The lowest BCUT2D eigenvalue weighted by Gasteiger charge is -2.33. The highest BCUT2D eigenvalue weighted by molar-refractivity contribution is 4.84. The first-order valence-corrected chi connectivity index (χ1v) is 5.03. The second kappa shape index (κ2) is 6.17. The van der Waals surface area contributed by atoms with Crippen molar-refractivity contribution in [2.24, 2.45) is 0 Å². The summed E-state index contributed by atoms with van der Waals surface area (Å²) >= 11 is 0. The summed E-state index contributed by atoms with van der Waals surface area (Å²) in [6, 6.07) is 0. The summed E-state index contributed by atoms with van der Waals surface area (Å²) < 4.78 is 5.55. The van der Waals surface area contributed by atoms with Gasteiger partial charge in [-0.15, -0.1) is 6.58 Å². The second-order valence-corrected chi connectivity index (χ2v) is 3.48. The Hall–Kier alpha value is -0.340. The van der Waals surface area contributed by atoms with Crippen molar-refractivity contribution in [3.63, 3.8) is 0 Å². The minimum absolute atomic E-state index is 0.391. The Labute approximate surface area is 81.6 Å². The quantitative estimate of drug-likeness (QED) is 0.619. The van der Waals surface area contributed by atoms with Crippen LogP contribution in [0.3, 0.4) is 0 Å². The molecule has 2 atom stereocenters. The van der Waals surface area contributed by atoms with E-state index in [0.717, 1.165) is 19.3 Å². The van der Waals surface area contributed by atoms with Gasteiger partial charge in [0.25, 0.3) is 0 Å². The van der Waals surface area contributed by atoms with Crippen LogP contribution in [0.25, 0.3) is 0 Å². The third-order valence-electron chi connectivity index (χ3n) is 2.53. The maximum atomic E-state index is 9.86. The summed E-state index contributed by atoms with van der Waals surface area (Å²) in [7, 11) is 0. The van der Waals surface area contributed by atoms with E-state index in [1.807, 2.05) is 26.8 Å². The smallest absolute Gasteiger partial charge is 0.0909 e. The minimum atomic E-state index is -0.393. The number of aliphatic hydroxyl groups is 1. The van der Waals surface area contributed by atoms with E-state index in [2.05, 4.69) is 6.58 Å². The van der Waals surface area contributed by atoms with E-state index >= 15 is 0 Å². The number of allylic oxidation sites excluding steroid dienone is 1. The van der Waals surface area contributed by atoms with Crippen LogP contribution in [0.15, 0.2) is 12.7 Å². The monoisotopic (exact) mass is 186 g/mol. The molecule has 0 aromatic rings. The molecule has 0 aliphatic carbocycles. The summed E-state index contributed by atoms with van der Waals surface area (Å²) in [6.07, 6.45) is 3.83. The maximum Gasteiger partial charge on any atom is 0.0909 e. The third kappa shape index (κ3) is 3.92. The number of hydrogen-bond donors (Lipinski definition) is 1. The van der Waals surface area contributed by atoms with Crippen molar-refractivity contribution >= 4 is 0 Å². The van der Waals surface area contributed by atoms with Crippen molar-refractivity contribution in [1.82, 2.24) is 0 Å². The van der Waals surface area contributed by atoms with E-state index in [4.69, 9.17) is 4.74 Å². The highest BCUT2D eigenvalue weighted by atomic mass is 16.5. The zero-order valence-electron chi connectivity index (χ0n) is 9.05. The van der Waals surface area contributed by atoms with Gasteiger partial charge in [-0.25, -0.2) is 0 Å². The van der Waals surface area contributed by atoms with E-state index in [1.165, 1.54) is 0 Å². The summed E-state index contributed by atoms with van der Waals surface area (Å²) in [6.45, 7) is 10.2. The summed E-state index contributed by atoms with van der Waals surface area (Å²) in [5, 5.41) is 9.86. The third-order valence-corrected chi connectivity index (χ3v) is 2.53. The van der Waals surface area contributed by atoms with Gasteiger partial charge in [0.1, 0.15) is 0 Å².